The molecule has 2 aromatic carbocycles. The van der Waals surface area contributed by atoms with Gasteiger partial charge < -0.3 is 14.6 Å². The number of carbonyl (C=O) groups is 1. The monoisotopic (exact) mass is 445 g/mol. The Balaban J connectivity index is 1.74. The molecule has 0 unspecified atom stereocenters. The molecule has 2 heterocycles. The number of sulfonamides is 1. The number of amides is 1. The minimum atomic E-state index is -4.01. The molecule has 1 aromatic heterocycles. The van der Waals surface area contributed by atoms with Gasteiger partial charge in [-0.2, -0.15) is 0 Å². The standard InChI is InChI=1S/C21H20FN3O5S/c1-13-12-25(8-9-30-13)21(27)18-11-20(26)23-19-7-6-16(10-17(18)19)31(28,29)24-15-4-2-14(22)3-5-15/h2-7,10-11,13,24H,8-9,12H2,1H3,(H,23,26)/t13-/m1/s1. The molecular weight excluding hydrogens is 425 g/mol. The third kappa shape index (κ3) is 4.44. The summed E-state index contributed by atoms with van der Waals surface area (Å²) in [6.45, 7) is 2.98. The maximum Gasteiger partial charge on any atom is 0.261 e. The van der Waals surface area contributed by atoms with Gasteiger partial charge in [0, 0.05) is 35.7 Å². The highest BCUT2D eigenvalue weighted by Gasteiger charge is 2.25. The van der Waals surface area contributed by atoms with Crippen LogP contribution >= 0.6 is 0 Å². The Kier molecular flexibility index (Phi) is 5.50. The van der Waals surface area contributed by atoms with Gasteiger partial charge in [0.2, 0.25) is 5.56 Å². The molecule has 0 spiro atoms. The summed E-state index contributed by atoms with van der Waals surface area (Å²) < 4.78 is 46.6. The van der Waals surface area contributed by atoms with Crippen molar-refractivity contribution < 1.29 is 22.3 Å². The van der Waals surface area contributed by atoms with Gasteiger partial charge >= 0.3 is 0 Å². The first-order chi connectivity index (χ1) is 14.7. The smallest absolute Gasteiger partial charge is 0.261 e. The van der Waals surface area contributed by atoms with Gasteiger partial charge in [-0.1, -0.05) is 0 Å². The lowest BCUT2D eigenvalue weighted by molar-refractivity contribution is -0.0123. The van der Waals surface area contributed by atoms with Crippen LogP contribution in [0.2, 0.25) is 0 Å². The zero-order valence-electron chi connectivity index (χ0n) is 16.6. The van der Waals surface area contributed by atoms with Crippen molar-refractivity contribution in [3.05, 3.63) is 70.3 Å². The van der Waals surface area contributed by atoms with Gasteiger partial charge in [0.25, 0.3) is 15.9 Å². The quantitative estimate of drug-likeness (QED) is 0.641. The molecule has 8 nitrogen and oxygen atoms in total. The first-order valence-corrected chi connectivity index (χ1v) is 11.1. The van der Waals surface area contributed by atoms with E-state index in [1.165, 1.54) is 36.4 Å². The summed E-state index contributed by atoms with van der Waals surface area (Å²) in [5, 5.41) is 0.311. The number of benzene rings is 2. The van der Waals surface area contributed by atoms with Crippen LogP contribution in [0.3, 0.4) is 0 Å². The van der Waals surface area contributed by atoms with Crippen LogP contribution in [-0.2, 0) is 14.8 Å². The van der Waals surface area contributed by atoms with Gasteiger partial charge in [-0.25, -0.2) is 12.8 Å². The molecule has 31 heavy (non-hydrogen) atoms. The molecular formula is C21H20FN3O5S. The van der Waals surface area contributed by atoms with Gasteiger partial charge in [0.1, 0.15) is 5.82 Å². The van der Waals surface area contributed by atoms with E-state index in [9.17, 15) is 22.4 Å². The van der Waals surface area contributed by atoms with Gasteiger partial charge in [0.15, 0.2) is 0 Å². The normalized spacial score (nSPS) is 17.0. The number of nitrogens with one attached hydrogen (secondary N) is 2. The van der Waals surface area contributed by atoms with Crippen molar-refractivity contribution >= 4 is 32.5 Å². The molecule has 3 aromatic rings. The maximum absolute atomic E-state index is 13.1. The number of fused-ring (bicyclic) bond motifs is 1. The van der Waals surface area contributed by atoms with E-state index < -0.39 is 21.4 Å². The molecule has 1 amide bonds. The fourth-order valence-corrected chi connectivity index (χ4v) is 4.57. The number of aromatic nitrogens is 1. The average molecular weight is 445 g/mol. The largest absolute Gasteiger partial charge is 0.375 e. The van der Waals surface area contributed by atoms with Crippen LogP contribution in [-0.4, -0.2) is 50.0 Å². The van der Waals surface area contributed by atoms with Crippen molar-refractivity contribution in [2.45, 2.75) is 17.9 Å². The number of morpholine rings is 1. The number of ether oxygens (including phenoxy) is 1. The van der Waals surface area contributed by atoms with Gasteiger partial charge in [-0.05, 0) is 49.4 Å². The number of pyridine rings is 1. The minimum Gasteiger partial charge on any atom is -0.375 e. The van der Waals surface area contributed by atoms with Crippen molar-refractivity contribution in [3.63, 3.8) is 0 Å². The SMILES string of the molecule is C[C@@H]1CN(C(=O)c2cc(=O)[nH]c3ccc(S(=O)(=O)Nc4ccc(F)cc4)cc23)CCO1. The van der Waals surface area contributed by atoms with Gasteiger partial charge in [-0.3, -0.25) is 14.3 Å². The number of nitrogens with zero attached hydrogens (tertiary/aromatic N) is 1. The van der Waals surface area contributed by atoms with Gasteiger partial charge in [0.05, 0.1) is 23.2 Å². The topological polar surface area (TPSA) is 109 Å². The molecule has 1 fully saturated rings. The Bertz CT molecular complexity index is 1300. The minimum absolute atomic E-state index is 0.0965. The molecule has 4 rings (SSSR count). The van der Waals surface area contributed by atoms with E-state index in [1.807, 2.05) is 6.92 Å². The van der Waals surface area contributed by atoms with Crippen molar-refractivity contribution in [1.82, 2.24) is 9.88 Å². The predicted octanol–water partition coefficient (Wildman–Crippen LogP) is 2.33. The number of H-pyrrole nitrogens is 1. The van der Waals surface area contributed by atoms with E-state index in [0.717, 1.165) is 12.1 Å². The maximum atomic E-state index is 13.1. The Morgan fingerprint density at radius 2 is 1.94 bits per heavy atom. The highest BCUT2D eigenvalue weighted by molar-refractivity contribution is 7.92. The number of aromatic amines is 1. The van der Waals surface area contributed by atoms with Crippen molar-refractivity contribution in [3.8, 4) is 0 Å². The number of hydrogen-bond donors (Lipinski definition) is 2. The zero-order chi connectivity index (χ0) is 22.2. The molecule has 0 bridgehead atoms. The summed E-state index contributed by atoms with van der Waals surface area (Å²) in [5.41, 5.74) is 0.198. The molecule has 1 saturated heterocycles. The van der Waals surface area contributed by atoms with E-state index >= 15 is 0 Å². The third-order valence-electron chi connectivity index (χ3n) is 4.98. The van der Waals surface area contributed by atoms with Crippen LogP contribution in [0.25, 0.3) is 10.9 Å². The molecule has 0 radical (unpaired) electrons. The fraction of sp³-hybridized carbons (Fsp3) is 0.238. The summed E-state index contributed by atoms with van der Waals surface area (Å²) in [6.07, 6.45) is -0.137. The third-order valence-corrected chi connectivity index (χ3v) is 6.36. The first-order valence-electron chi connectivity index (χ1n) is 9.59. The highest BCUT2D eigenvalue weighted by Crippen LogP contribution is 2.24. The van der Waals surface area contributed by atoms with E-state index in [1.54, 1.807) is 4.90 Å². The van der Waals surface area contributed by atoms with Crippen LogP contribution in [0, 0.1) is 5.82 Å². The van der Waals surface area contributed by atoms with Crippen LogP contribution < -0.4 is 10.3 Å². The molecule has 2 N–H and O–H groups in total. The summed E-state index contributed by atoms with van der Waals surface area (Å²) in [4.78, 5) is 29.3. The molecule has 1 atom stereocenters. The van der Waals surface area contributed by atoms with Crippen molar-refractivity contribution in [2.24, 2.45) is 0 Å². The number of anilines is 1. The second-order valence-electron chi connectivity index (χ2n) is 7.30. The summed E-state index contributed by atoms with van der Waals surface area (Å²) >= 11 is 0. The zero-order valence-corrected chi connectivity index (χ0v) is 17.4. The summed E-state index contributed by atoms with van der Waals surface area (Å²) in [5.74, 6) is -0.856. The Labute approximate surface area is 177 Å². The fourth-order valence-electron chi connectivity index (χ4n) is 3.48. The first kappa shape index (κ1) is 21.0. The second-order valence-corrected chi connectivity index (χ2v) is 8.98. The second kappa shape index (κ2) is 8.12. The van der Waals surface area contributed by atoms with Crippen molar-refractivity contribution in [2.75, 3.05) is 24.4 Å². The molecule has 1 aliphatic rings. The number of halogens is 1. The van der Waals surface area contributed by atoms with Crippen LogP contribution in [0.15, 0.2) is 58.2 Å². The highest BCUT2D eigenvalue weighted by atomic mass is 32.2. The van der Waals surface area contributed by atoms with Gasteiger partial charge in [-0.15, -0.1) is 0 Å². The number of carbonyl (C=O) groups excluding carboxylic acids is 1. The summed E-state index contributed by atoms with van der Waals surface area (Å²) in [6, 6.07) is 10.2. The van der Waals surface area contributed by atoms with Crippen LogP contribution in [0.4, 0.5) is 10.1 Å². The van der Waals surface area contributed by atoms with E-state index in [0.29, 0.717) is 30.6 Å². The lowest BCUT2D eigenvalue weighted by Crippen LogP contribution is -2.44. The number of hydrogen-bond acceptors (Lipinski definition) is 5. The predicted molar refractivity (Wildman–Crippen MR) is 113 cm³/mol. The van der Waals surface area contributed by atoms with E-state index in [2.05, 4.69) is 9.71 Å². The van der Waals surface area contributed by atoms with Crippen LogP contribution in [0.1, 0.15) is 17.3 Å². The Morgan fingerprint density at radius 1 is 1.19 bits per heavy atom. The lowest BCUT2D eigenvalue weighted by atomic mass is 10.1. The molecule has 1 aliphatic heterocycles. The Morgan fingerprint density at radius 3 is 2.65 bits per heavy atom. The summed E-state index contributed by atoms with van der Waals surface area (Å²) in [7, 11) is -4.01. The molecule has 162 valence electrons. The van der Waals surface area contributed by atoms with Crippen LogP contribution in [0.5, 0.6) is 0 Å². The van der Waals surface area contributed by atoms with E-state index in [4.69, 9.17) is 4.74 Å². The lowest BCUT2D eigenvalue weighted by Gasteiger charge is -2.31. The number of rotatable bonds is 4. The van der Waals surface area contributed by atoms with Crippen molar-refractivity contribution in [1.29, 1.82) is 0 Å². The van der Waals surface area contributed by atoms with E-state index in [-0.39, 0.29) is 28.2 Å². The Hall–Kier alpha value is -3.24. The molecule has 10 heteroatoms. The molecule has 0 saturated carbocycles. The molecule has 0 aliphatic carbocycles. The average Bonchev–Trinajstić information content (AvgIpc) is 2.73.